The number of benzene rings is 1. The van der Waals surface area contributed by atoms with E-state index in [1.54, 1.807) is 36.5 Å². The Balaban J connectivity index is 1.62. The van der Waals surface area contributed by atoms with Gasteiger partial charge in [-0.2, -0.15) is 0 Å². The molecular weight excluding hydrogens is 334 g/mol. The minimum Gasteiger partial charge on any atom is -0.335 e. The number of carbonyl (C=O) groups is 2. The number of hydrogen-bond donors (Lipinski definition) is 1. The van der Waals surface area contributed by atoms with E-state index in [9.17, 15) is 14.4 Å². The van der Waals surface area contributed by atoms with Gasteiger partial charge in [0.25, 0.3) is 0 Å². The number of hydrogen-bond acceptors (Lipinski definition) is 4. The maximum absolute atomic E-state index is 12.3. The van der Waals surface area contributed by atoms with Crippen LogP contribution in [0.3, 0.4) is 0 Å². The van der Waals surface area contributed by atoms with Gasteiger partial charge in [0.15, 0.2) is 5.65 Å². The number of carbonyl (C=O) groups excluding carboxylic acids is 2. The van der Waals surface area contributed by atoms with E-state index >= 15 is 0 Å². The van der Waals surface area contributed by atoms with Crippen LogP contribution in [0.4, 0.5) is 5.69 Å². The maximum atomic E-state index is 12.3. The van der Waals surface area contributed by atoms with E-state index < -0.39 is 5.69 Å². The minimum atomic E-state index is -0.397. The summed E-state index contributed by atoms with van der Waals surface area (Å²) >= 11 is 0. The van der Waals surface area contributed by atoms with Gasteiger partial charge in [-0.15, -0.1) is 5.10 Å². The van der Waals surface area contributed by atoms with Crippen molar-refractivity contribution in [2.45, 2.75) is 13.5 Å². The molecule has 0 aliphatic carbocycles. The van der Waals surface area contributed by atoms with Crippen LogP contribution in [0.15, 0.2) is 53.5 Å². The number of nitrogens with zero attached hydrogens (tertiary/aromatic N) is 4. The standard InChI is InChI=1S/C18H19N5O3/c1-13-6-8-14(9-7-13)19-16(24)11-21(2)17(25)12-23-18(26)22-10-4-3-5-15(22)20-23/h3-10H,11-12H2,1-2H3,(H,19,24). The molecule has 0 bridgehead atoms. The highest BCUT2D eigenvalue weighted by Gasteiger charge is 2.16. The zero-order chi connectivity index (χ0) is 18.7. The molecule has 0 spiro atoms. The zero-order valence-electron chi connectivity index (χ0n) is 14.5. The predicted molar refractivity (Wildman–Crippen MR) is 96.9 cm³/mol. The van der Waals surface area contributed by atoms with Gasteiger partial charge in [0.05, 0.1) is 6.54 Å². The van der Waals surface area contributed by atoms with Gasteiger partial charge >= 0.3 is 5.69 Å². The lowest BCUT2D eigenvalue weighted by atomic mass is 10.2. The van der Waals surface area contributed by atoms with Crippen LogP contribution in [0.1, 0.15) is 5.56 Å². The number of rotatable bonds is 5. The molecule has 0 aliphatic rings. The van der Waals surface area contributed by atoms with Crippen LogP contribution >= 0.6 is 0 Å². The van der Waals surface area contributed by atoms with Crippen molar-refractivity contribution in [3.8, 4) is 0 Å². The molecular formula is C18H19N5O3. The summed E-state index contributed by atoms with van der Waals surface area (Å²) in [4.78, 5) is 37.8. The summed E-state index contributed by atoms with van der Waals surface area (Å²) in [7, 11) is 1.51. The largest absolute Gasteiger partial charge is 0.350 e. The van der Waals surface area contributed by atoms with E-state index in [2.05, 4.69) is 10.4 Å². The molecule has 0 radical (unpaired) electrons. The van der Waals surface area contributed by atoms with Crippen LogP contribution in [0.25, 0.3) is 5.65 Å². The molecule has 0 atom stereocenters. The Morgan fingerprint density at radius 3 is 2.58 bits per heavy atom. The number of amides is 2. The van der Waals surface area contributed by atoms with Crippen LogP contribution in [0, 0.1) is 6.92 Å². The third-order valence-electron chi connectivity index (χ3n) is 3.92. The monoisotopic (exact) mass is 353 g/mol. The lowest BCUT2D eigenvalue weighted by molar-refractivity contribution is -0.134. The number of aromatic nitrogens is 3. The molecule has 1 aromatic carbocycles. The first-order valence-corrected chi connectivity index (χ1v) is 8.09. The van der Waals surface area contributed by atoms with Gasteiger partial charge in [0.2, 0.25) is 11.8 Å². The van der Waals surface area contributed by atoms with E-state index in [0.717, 1.165) is 10.2 Å². The number of aryl methyl sites for hydroxylation is 1. The molecule has 3 rings (SSSR count). The zero-order valence-corrected chi connectivity index (χ0v) is 14.5. The fourth-order valence-corrected chi connectivity index (χ4v) is 2.46. The molecule has 2 aromatic heterocycles. The van der Waals surface area contributed by atoms with Crippen LogP contribution < -0.4 is 11.0 Å². The first-order valence-electron chi connectivity index (χ1n) is 8.09. The van der Waals surface area contributed by atoms with Gasteiger partial charge in [-0.25, -0.2) is 9.48 Å². The Labute approximate surface area is 149 Å². The number of fused-ring (bicyclic) bond motifs is 1. The predicted octanol–water partition coefficient (Wildman–Crippen LogP) is 0.902. The number of likely N-dealkylation sites (N-methyl/N-ethyl adjacent to an activating group) is 1. The van der Waals surface area contributed by atoms with Gasteiger partial charge in [-0.05, 0) is 31.2 Å². The van der Waals surface area contributed by atoms with Crippen molar-refractivity contribution in [1.29, 1.82) is 0 Å². The summed E-state index contributed by atoms with van der Waals surface area (Å²) in [5.74, 6) is -0.693. The third-order valence-corrected chi connectivity index (χ3v) is 3.92. The lowest BCUT2D eigenvalue weighted by Gasteiger charge is -2.16. The van der Waals surface area contributed by atoms with E-state index in [1.807, 2.05) is 19.1 Å². The SMILES string of the molecule is Cc1ccc(NC(=O)CN(C)C(=O)Cn2nc3ccccn3c2=O)cc1. The smallest absolute Gasteiger partial charge is 0.335 e. The average molecular weight is 353 g/mol. The topological polar surface area (TPSA) is 88.7 Å². The van der Waals surface area contributed by atoms with E-state index in [-0.39, 0.29) is 24.9 Å². The van der Waals surface area contributed by atoms with Crippen LogP contribution in [-0.2, 0) is 16.1 Å². The van der Waals surface area contributed by atoms with Gasteiger partial charge in [0, 0.05) is 18.9 Å². The second-order valence-corrected chi connectivity index (χ2v) is 6.03. The first-order chi connectivity index (χ1) is 12.4. The Hall–Kier alpha value is -3.42. The number of anilines is 1. The van der Waals surface area contributed by atoms with Crippen LogP contribution in [0.5, 0.6) is 0 Å². The normalized spacial score (nSPS) is 10.7. The minimum absolute atomic E-state index is 0.116. The highest BCUT2D eigenvalue weighted by atomic mass is 16.2. The van der Waals surface area contributed by atoms with Crippen LogP contribution in [0.2, 0.25) is 0 Å². The fourth-order valence-electron chi connectivity index (χ4n) is 2.46. The molecule has 2 heterocycles. The van der Waals surface area contributed by atoms with Gasteiger partial charge in [-0.1, -0.05) is 23.8 Å². The molecule has 26 heavy (non-hydrogen) atoms. The molecule has 0 fully saturated rings. The van der Waals surface area contributed by atoms with Gasteiger partial charge in [0.1, 0.15) is 6.54 Å². The summed E-state index contributed by atoms with van der Waals surface area (Å²) < 4.78 is 2.45. The molecule has 0 saturated carbocycles. The molecule has 0 unspecified atom stereocenters. The molecule has 134 valence electrons. The molecule has 8 heteroatoms. The summed E-state index contributed by atoms with van der Waals surface area (Å²) in [6, 6.07) is 12.5. The molecule has 0 saturated heterocycles. The average Bonchev–Trinajstić information content (AvgIpc) is 2.93. The molecule has 3 aromatic rings. The third kappa shape index (κ3) is 3.80. The van der Waals surface area contributed by atoms with Crippen molar-refractivity contribution in [1.82, 2.24) is 19.1 Å². The number of nitrogens with one attached hydrogen (secondary N) is 1. The van der Waals surface area contributed by atoms with E-state index in [0.29, 0.717) is 11.3 Å². The van der Waals surface area contributed by atoms with Gasteiger partial charge in [-0.3, -0.25) is 14.0 Å². The van der Waals surface area contributed by atoms with E-state index in [4.69, 9.17) is 0 Å². The summed E-state index contributed by atoms with van der Waals surface area (Å²) in [5, 5.41) is 6.84. The van der Waals surface area contributed by atoms with Crippen molar-refractivity contribution in [3.05, 3.63) is 64.7 Å². The molecule has 8 nitrogen and oxygen atoms in total. The summed E-state index contributed by atoms with van der Waals surface area (Å²) in [6.45, 7) is 1.61. The van der Waals surface area contributed by atoms with Crippen molar-refractivity contribution < 1.29 is 9.59 Å². The number of pyridine rings is 1. The Kier molecular flexibility index (Phi) is 4.83. The second-order valence-electron chi connectivity index (χ2n) is 6.03. The Morgan fingerprint density at radius 2 is 1.88 bits per heavy atom. The summed E-state index contributed by atoms with van der Waals surface area (Å²) in [5.41, 5.74) is 1.82. The van der Waals surface area contributed by atoms with Crippen molar-refractivity contribution in [2.75, 3.05) is 18.9 Å². The highest BCUT2D eigenvalue weighted by Crippen LogP contribution is 2.08. The Bertz CT molecular complexity index is 1000. The highest BCUT2D eigenvalue weighted by molar-refractivity contribution is 5.94. The lowest BCUT2D eigenvalue weighted by Crippen LogP contribution is -2.38. The van der Waals surface area contributed by atoms with Crippen LogP contribution in [-0.4, -0.2) is 44.5 Å². The molecule has 2 amide bonds. The van der Waals surface area contributed by atoms with Crippen molar-refractivity contribution in [3.63, 3.8) is 0 Å². The first kappa shape index (κ1) is 17.4. The Morgan fingerprint density at radius 1 is 1.15 bits per heavy atom. The molecule has 0 aliphatic heterocycles. The van der Waals surface area contributed by atoms with Crippen molar-refractivity contribution in [2.24, 2.45) is 0 Å². The van der Waals surface area contributed by atoms with Gasteiger partial charge < -0.3 is 10.2 Å². The fraction of sp³-hybridized carbons (Fsp3) is 0.222. The quantitative estimate of drug-likeness (QED) is 0.738. The maximum Gasteiger partial charge on any atom is 0.350 e. The second kappa shape index (κ2) is 7.22. The molecule has 1 N–H and O–H groups in total. The summed E-state index contributed by atoms with van der Waals surface area (Å²) in [6.07, 6.45) is 1.59. The van der Waals surface area contributed by atoms with Crippen molar-refractivity contribution >= 4 is 23.1 Å². The van der Waals surface area contributed by atoms with E-state index in [1.165, 1.54) is 16.3 Å².